The number of carbonyl (C=O) groups excluding carboxylic acids is 1. The SMILES string of the molecule is CCCCSc1nnc(NC(=O)CSc2ccccn2)s1. The van der Waals surface area contributed by atoms with Gasteiger partial charge in [-0.2, -0.15) is 0 Å². The van der Waals surface area contributed by atoms with Crippen LogP contribution in [0.15, 0.2) is 33.8 Å². The van der Waals surface area contributed by atoms with Crippen molar-refractivity contribution in [3.05, 3.63) is 24.4 Å². The minimum absolute atomic E-state index is 0.0908. The van der Waals surface area contributed by atoms with Gasteiger partial charge in [0.05, 0.1) is 10.8 Å². The zero-order chi connectivity index (χ0) is 14.9. The summed E-state index contributed by atoms with van der Waals surface area (Å²) >= 11 is 4.50. The van der Waals surface area contributed by atoms with Crippen molar-refractivity contribution in [3.8, 4) is 0 Å². The van der Waals surface area contributed by atoms with E-state index in [-0.39, 0.29) is 5.91 Å². The molecule has 5 nitrogen and oxygen atoms in total. The smallest absolute Gasteiger partial charge is 0.236 e. The number of thioether (sulfide) groups is 2. The molecule has 0 aliphatic carbocycles. The Labute approximate surface area is 136 Å². The number of pyridine rings is 1. The van der Waals surface area contributed by atoms with E-state index in [1.165, 1.54) is 29.5 Å². The number of carbonyl (C=O) groups is 1. The lowest BCUT2D eigenvalue weighted by atomic mass is 10.4. The number of hydrogen-bond acceptors (Lipinski definition) is 7. The maximum atomic E-state index is 11.8. The molecule has 0 radical (unpaired) electrons. The zero-order valence-corrected chi connectivity index (χ0v) is 14.1. The lowest BCUT2D eigenvalue weighted by Crippen LogP contribution is -2.13. The molecule has 0 spiro atoms. The minimum Gasteiger partial charge on any atom is -0.300 e. The average molecular weight is 340 g/mol. The van der Waals surface area contributed by atoms with Crippen LogP contribution in [0.1, 0.15) is 19.8 Å². The van der Waals surface area contributed by atoms with Gasteiger partial charge < -0.3 is 0 Å². The molecule has 0 unspecified atom stereocenters. The second-order valence-corrected chi connectivity index (χ2v) is 7.40. The van der Waals surface area contributed by atoms with Crippen LogP contribution < -0.4 is 5.32 Å². The minimum atomic E-state index is -0.0908. The third-order valence-corrected chi connectivity index (χ3v) is 5.37. The second-order valence-electron chi connectivity index (χ2n) is 4.08. The van der Waals surface area contributed by atoms with E-state index in [1.54, 1.807) is 18.0 Å². The van der Waals surface area contributed by atoms with Crippen LogP contribution >= 0.6 is 34.9 Å². The van der Waals surface area contributed by atoms with E-state index in [9.17, 15) is 4.79 Å². The molecule has 0 aliphatic heterocycles. The van der Waals surface area contributed by atoms with Crippen molar-refractivity contribution >= 4 is 45.9 Å². The van der Waals surface area contributed by atoms with E-state index in [4.69, 9.17) is 0 Å². The Balaban J connectivity index is 1.75. The largest absolute Gasteiger partial charge is 0.300 e. The van der Waals surface area contributed by atoms with Crippen LogP contribution in [-0.2, 0) is 4.79 Å². The van der Waals surface area contributed by atoms with Gasteiger partial charge in [0.1, 0.15) is 0 Å². The molecule has 0 saturated heterocycles. The maximum Gasteiger partial charge on any atom is 0.236 e. The molecule has 0 saturated carbocycles. The highest BCUT2D eigenvalue weighted by Gasteiger charge is 2.09. The van der Waals surface area contributed by atoms with Gasteiger partial charge >= 0.3 is 0 Å². The standard InChI is InChI=1S/C13H16N4OS3/c1-2-3-8-19-13-17-16-12(21-13)15-10(18)9-20-11-6-4-5-7-14-11/h4-7H,2-3,8-9H2,1H3,(H,15,16,18). The van der Waals surface area contributed by atoms with Crippen LogP contribution in [0.2, 0.25) is 0 Å². The monoisotopic (exact) mass is 340 g/mol. The van der Waals surface area contributed by atoms with E-state index in [0.717, 1.165) is 21.5 Å². The van der Waals surface area contributed by atoms with Crippen molar-refractivity contribution in [2.75, 3.05) is 16.8 Å². The molecule has 0 aromatic carbocycles. The van der Waals surface area contributed by atoms with Gasteiger partial charge in [-0.05, 0) is 18.6 Å². The molecule has 1 N–H and O–H groups in total. The number of aromatic nitrogens is 3. The number of nitrogens with zero attached hydrogens (tertiary/aromatic N) is 3. The third kappa shape index (κ3) is 6.03. The number of rotatable bonds is 8. The summed E-state index contributed by atoms with van der Waals surface area (Å²) in [7, 11) is 0. The van der Waals surface area contributed by atoms with Crippen molar-refractivity contribution in [2.45, 2.75) is 29.1 Å². The number of unbranched alkanes of at least 4 members (excludes halogenated alkanes) is 1. The van der Waals surface area contributed by atoms with Gasteiger partial charge in [0.15, 0.2) is 4.34 Å². The molecular formula is C13H16N4OS3. The Bertz CT molecular complexity index is 562. The predicted molar refractivity (Wildman–Crippen MR) is 89.1 cm³/mol. The van der Waals surface area contributed by atoms with E-state index in [0.29, 0.717) is 10.9 Å². The van der Waals surface area contributed by atoms with Gasteiger partial charge in [-0.3, -0.25) is 10.1 Å². The number of amides is 1. The fourth-order valence-corrected chi connectivity index (χ4v) is 3.93. The van der Waals surface area contributed by atoms with Gasteiger partial charge in [0.25, 0.3) is 0 Å². The van der Waals surface area contributed by atoms with E-state index >= 15 is 0 Å². The summed E-state index contributed by atoms with van der Waals surface area (Å²) in [6.45, 7) is 2.16. The van der Waals surface area contributed by atoms with Gasteiger partial charge in [0.2, 0.25) is 11.0 Å². The van der Waals surface area contributed by atoms with Crippen molar-refractivity contribution in [2.24, 2.45) is 0 Å². The highest BCUT2D eigenvalue weighted by molar-refractivity contribution is 8.01. The van der Waals surface area contributed by atoms with Crippen LogP contribution in [0.5, 0.6) is 0 Å². The van der Waals surface area contributed by atoms with Gasteiger partial charge in [-0.25, -0.2) is 4.98 Å². The Hall–Kier alpha value is -1.12. The van der Waals surface area contributed by atoms with Crippen LogP contribution in [0.25, 0.3) is 0 Å². The van der Waals surface area contributed by atoms with Gasteiger partial charge in [0, 0.05) is 11.9 Å². The molecule has 2 rings (SSSR count). The maximum absolute atomic E-state index is 11.8. The second kappa shape index (κ2) is 9.01. The fourth-order valence-electron chi connectivity index (χ4n) is 1.35. The molecule has 0 atom stereocenters. The zero-order valence-electron chi connectivity index (χ0n) is 11.6. The van der Waals surface area contributed by atoms with Crippen molar-refractivity contribution in [1.29, 1.82) is 0 Å². The van der Waals surface area contributed by atoms with Gasteiger partial charge in [-0.1, -0.05) is 54.3 Å². The molecular weight excluding hydrogens is 324 g/mol. The normalized spacial score (nSPS) is 10.5. The molecule has 0 fully saturated rings. The summed E-state index contributed by atoms with van der Waals surface area (Å²) in [4.78, 5) is 16.0. The molecule has 2 aromatic heterocycles. The quantitative estimate of drug-likeness (QED) is 0.450. The first-order valence-corrected chi connectivity index (χ1v) is 9.36. The first kappa shape index (κ1) is 16.3. The molecule has 21 heavy (non-hydrogen) atoms. The molecule has 1 amide bonds. The van der Waals surface area contributed by atoms with Crippen molar-refractivity contribution < 1.29 is 4.79 Å². The predicted octanol–water partition coefficient (Wildman–Crippen LogP) is 3.56. The topological polar surface area (TPSA) is 67.8 Å². The lowest BCUT2D eigenvalue weighted by Gasteiger charge is -2.00. The number of hydrogen-bond donors (Lipinski definition) is 1. The summed E-state index contributed by atoms with van der Waals surface area (Å²) < 4.78 is 0.899. The summed E-state index contributed by atoms with van der Waals surface area (Å²) in [6.07, 6.45) is 4.04. The van der Waals surface area contributed by atoms with Crippen LogP contribution in [0.3, 0.4) is 0 Å². The Morgan fingerprint density at radius 1 is 1.33 bits per heavy atom. The molecule has 112 valence electrons. The fraction of sp³-hybridized carbons (Fsp3) is 0.385. The Morgan fingerprint density at radius 2 is 2.24 bits per heavy atom. The molecule has 2 aromatic rings. The van der Waals surface area contributed by atoms with Crippen LogP contribution in [0.4, 0.5) is 5.13 Å². The molecule has 2 heterocycles. The summed E-state index contributed by atoms with van der Waals surface area (Å²) in [5, 5.41) is 12.2. The van der Waals surface area contributed by atoms with Gasteiger partial charge in [-0.15, -0.1) is 10.2 Å². The first-order chi connectivity index (χ1) is 10.3. The number of nitrogens with one attached hydrogen (secondary N) is 1. The van der Waals surface area contributed by atoms with Crippen molar-refractivity contribution in [3.63, 3.8) is 0 Å². The number of anilines is 1. The summed E-state index contributed by atoms with van der Waals surface area (Å²) in [5.74, 6) is 1.26. The van der Waals surface area contributed by atoms with Crippen LogP contribution in [-0.4, -0.2) is 32.6 Å². The van der Waals surface area contributed by atoms with E-state index < -0.39 is 0 Å². The molecule has 0 aliphatic rings. The first-order valence-electron chi connectivity index (χ1n) is 6.58. The summed E-state index contributed by atoms with van der Waals surface area (Å²) in [5.41, 5.74) is 0. The Kier molecular flexibility index (Phi) is 6.98. The average Bonchev–Trinajstić information content (AvgIpc) is 2.94. The summed E-state index contributed by atoms with van der Waals surface area (Å²) in [6, 6.07) is 5.63. The molecule has 0 bridgehead atoms. The van der Waals surface area contributed by atoms with Crippen LogP contribution in [0, 0.1) is 0 Å². The highest BCUT2D eigenvalue weighted by Crippen LogP contribution is 2.26. The molecule has 8 heteroatoms. The third-order valence-electron chi connectivity index (χ3n) is 2.37. The highest BCUT2D eigenvalue weighted by atomic mass is 32.2. The Morgan fingerprint density at radius 3 is 3.00 bits per heavy atom. The van der Waals surface area contributed by atoms with E-state index in [2.05, 4.69) is 27.4 Å². The lowest BCUT2D eigenvalue weighted by molar-refractivity contribution is -0.113. The van der Waals surface area contributed by atoms with E-state index in [1.807, 2.05) is 18.2 Å². The van der Waals surface area contributed by atoms with Crippen molar-refractivity contribution in [1.82, 2.24) is 15.2 Å².